The van der Waals surface area contributed by atoms with Crippen LogP contribution in [0.4, 0.5) is 5.69 Å². The highest BCUT2D eigenvalue weighted by molar-refractivity contribution is 7.99. The zero-order valence-corrected chi connectivity index (χ0v) is 12.8. The smallest absolute Gasteiger partial charge is 0.243 e. The number of hydrogen-bond acceptors (Lipinski definition) is 3. The summed E-state index contributed by atoms with van der Waals surface area (Å²) in [5.74, 6) is 2.61. The van der Waals surface area contributed by atoms with Gasteiger partial charge in [0, 0.05) is 24.0 Å². The van der Waals surface area contributed by atoms with Gasteiger partial charge in [0.2, 0.25) is 5.91 Å². The third-order valence-electron chi connectivity index (χ3n) is 4.17. The van der Waals surface area contributed by atoms with Crippen LogP contribution in [0.5, 0.6) is 0 Å². The van der Waals surface area contributed by atoms with Gasteiger partial charge in [0.25, 0.3) is 0 Å². The Bertz CT molecular complexity index is 485. The molecule has 1 N–H and O–H groups in total. The molecule has 3 nitrogen and oxygen atoms in total. The molecule has 0 radical (unpaired) electrons. The fourth-order valence-corrected chi connectivity index (χ4v) is 4.18. The number of fused-ring (bicyclic) bond motifs is 1. The molecule has 0 aliphatic carbocycles. The largest absolute Gasteiger partial charge is 0.310 e. The number of rotatable bonds is 3. The number of nitrogens with zero attached hydrogens (tertiary/aromatic N) is 1. The Labute approximate surface area is 125 Å². The lowest BCUT2D eigenvalue weighted by atomic mass is 10.1. The molecule has 1 saturated heterocycles. The summed E-state index contributed by atoms with van der Waals surface area (Å²) in [5, 5.41) is 3.51. The molecule has 1 aromatic carbocycles. The first-order chi connectivity index (χ1) is 9.75. The molecule has 0 aromatic heterocycles. The Kier molecular flexibility index (Phi) is 4.32. The lowest BCUT2D eigenvalue weighted by Gasteiger charge is -2.28. The quantitative estimate of drug-likeness (QED) is 0.928. The number of carbonyl (C=O) groups is 1. The van der Waals surface area contributed by atoms with Crippen LogP contribution in [0.25, 0.3) is 0 Å². The Balaban J connectivity index is 1.64. The monoisotopic (exact) mass is 290 g/mol. The first-order valence-corrected chi connectivity index (χ1v) is 8.64. The van der Waals surface area contributed by atoms with E-state index in [0.717, 1.165) is 24.4 Å². The number of benzene rings is 1. The van der Waals surface area contributed by atoms with E-state index in [4.69, 9.17) is 0 Å². The highest BCUT2D eigenvalue weighted by atomic mass is 32.2. The van der Waals surface area contributed by atoms with E-state index in [1.54, 1.807) is 0 Å². The van der Waals surface area contributed by atoms with Crippen LogP contribution in [0, 0.1) is 0 Å². The molecule has 0 spiro atoms. The predicted octanol–water partition coefficient (Wildman–Crippen LogP) is 2.45. The van der Waals surface area contributed by atoms with Crippen molar-refractivity contribution in [3.8, 4) is 0 Å². The number of amides is 1. The van der Waals surface area contributed by atoms with Gasteiger partial charge >= 0.3 is 0 Å². The van der Waals surface area contributed by atoms with Gasteiger partial charge in [-0.15, -0.1) is 0 Å². The van der Waals surface area contributed by atoms with Crippen molar-refractivity contribution >= 4 is 23.4 Å². The zero-order chi connectivity index (χ0) is 13.9. The topological polar surface area (TPSA) is 32.3 Å². The van der Waals surface area contributed by atoms with Crippen molar-refractivity contribution in [2.45, 2.75) is 38.3 Å². The lowest BCUT2D eigenvalue weighted by molar-refractivity contribution is -0.120. The summed E-state index contributed by atoms with van der Waals surface area (Å²) in [6, 6.07) is 8.64. The Morgan fingerprint density at radius 2 is 2.30 bits per heavy atom. The minimum absolute atomic E-state index is 0.0927. The molecule has 1 aromatic rings. The van der Waals surface area contributed by atoms with Crippen molar-refractivity contribution in [3.05, 3.63) is 29.8 Å². The number of para-hydroxylation sites is 1. The minimum Gasteiger partial charge on any atom is -0.310 e. The van der Waals surface area contributed by atoms with Crippen LogP contribution in [0.1, 0.15) is 25.3 Å². The molecule has 0 saturated carbocycles. The first kappa shape index (κ1) is 14.0. The van der Waals surface area contributed by atoms with Crippen molar-refractivity contribution in [2.24, 2.45) is 0 Å². The van der Waals surface area contributed by atoms with E-state index in [0.29, 0.717) is 6.04 Å². The van der Waals surface area contributed by atoms with E-state index in [1.165, 1.54) is 24.2 Å². The summed E-state index contributed by atoms with van der Waals surface area (Å²) < 4.78 is 0. The van der Waals surface area contributed by atoms with Crippen molar-refractivity contribution < 1.29 is 4.79 Å². The molecule has 2 atom stereocenters. The second-order valence-corrected chi connectivity index (χ2v) is 6.82. The van der Waals surface area contributed by atoms with Gasteiger partial charge in [0.05, 0.1) is 6.04 Å². The van der Waals surface area contributed by atoms with Crippen LogP contribution in [0.15, 0.2) is 24.3 Å². The summed E-state index contributed by atoms with van der Waals surface area (Å²) in [7, 11) is 0. The fourth-order valence-electron chi connectivity index (χ4n) is 3.10. The summed E-state index contributed by atoms with van der Waals surface area (Å²) in [6.07, 6.45) is 3.44. The van der Waals surface area contributed by atoms with E-state index in [9.17, 15) is 4.79 Å². The highest BCUT2D eigenvalue weighted by Crippen LogP contribution is 2.28. The van der Waals surface area contributed by atoms with Crippen LogP contribution in [0.2, 0.25) is 0 Å². The lowest BCUT2D eigenvalue weighted by Crippen LogP contribution is -2.49. The standard InChI is InChI=1S/C16H22N2OS/c1-12(17-14-6-4-10-20-11-14)16(19)18-9-8-13-5-2-3-7-15(13)18/h2-3,5,7,12,14,17H,4,6,8-11H2,1H3/t12-,14-/m0/s1. The van der Waals surface area contributed by atoms with Crippen LogP contribution in [-0.4, -0.2) is 36.0 Å². The number of nitrogens with one attached hydrogen (secondary N) is 1. The molecule has 3 rings (SSSR count). The zero-order valence-electron chi connectivity index (χ0n) is 12.0. The van der Waals surface area contributed by atoms with Gasteiger partial charge in [-0.3, -0.25) is 4.79 Å². The molecule has 4 heteroatoms. The second-order valence-electron chi connectivity index (χ2n) is 5.67. The molecule has 2 heterocycles. The molecule has 0 unspecified atom stereocenters. The van der Waals surface area contributed by atoms with Gasteiger partial charge in [-0.2, -0.15) is 11.8 Å². The summed E-state index contributed by atoms with van der Waals surface area (Å²) in [5.41, 5.74) is 2.39. The maximum absolute atomic E-state index is 12.6. The molecule has 1 fully saturated rings. The van der Waals surface area contributed by atoms with Crippen molar-refractivity contribution in [2.75, 3.05) is 23.0 Å². The van der Waals surface area contributed by atoms with Crippen LogP contribution < -0.4 is 10.2 Å². The van der Waals surface area contributed by atoms with E-state index in [1.807, 2.05) is 35.7 Å². The minimum atomic E-state index is -0.0927. The Hall–Kier alpha value is -1.00. The Morgan fingerprint density at radius 3 is 3.10 bits per heavy atom. The maximum atomic E-state index is 12.6. The van der Waals surface area contributed by atoms with Gasteiger partial charge in [-0.05, 0) is 43.6 Å². The number of thioether (sulfide) groups is 1. The van der Waals surface area contributed by atoms with E-state index >= 15 is 0 Å². The second kappa shape index (κ2) is 6.19. The van der Waals surface area contributed by atoms with E-state index in [-0.39, 0.29) is 11.9 Å². The highest BCUT2D eigenvalue weighted by Gasteiger charge is 2.29. The normalized spacial score (nSPS) is 23.4. The average Bonchev–Trinajstić information content (AvgIpc) is 2.91. The van der Waals surface area contributed by atoms with Gasteiger partial charge in [0.15, 0.2) is 0 Å². The molecule has 1 amide bonds. The predicted molar refractivity (Wildman–Crippen MR) is 85.4 cm³/mol. The number of carbonyl (C=O) groups excluding carboxylic acids is 1. The molecule has 2 aliphatic rings. The van der Waals surface area contributed by atoms with Gasteiger partial charge in [-0.1, -0.05) is 18.2 Å². The van der Waals surface area contributed by atoms with E-state index in [2.05, 4.69) is 17.4 Å². The summed E-state index contributed by atoms with van der Waals surface area (Å²) >= 11 is 1.99. The SMILES string of the molecule is C[C@H](N[C@H]1CCCSC1)C(=O)N1CCc2ccccc21. The number of hydrogen-bond donors (Lipinski definition) is 1. The fraction of sp³-hybridized carbons (Fsp3) is 0.562. The first-order valence-electron chi connectivity index (χ1n) is 7.49. The van der Waals surface area contributed by atoms with Gasteiger partial charge in [0.1, 0.15) is 0 Å². The van der Waals surface area contributed by atoms with Crippen molar-refractivity contribution in [3.63, 3.8) is 0 Å². The molecular formula is C16H22N2OS. The van der Waals surface area contributed by atoms with Gasteiger partial charge < -0.3 is 10.2 Å². The summed E-state index contributed by atoms with van der Waals surface area (Å²) in [6.45, 7) is 2.83. The molecule has 2 aliphatic heterocycles. The summed E-state index contributed by atoms with van der Waals surface area (Å²) in [4.78, 5) is 14.6. The molecule has 108 valence electrons. The van der Waals surface area contributed by atoms with Gasteiger partial charge in [-0.25, -0.2) is 0 Å². The third-order valence-corrected chi connectivity index (χ3v) is 5.39. The van der Waals surface area contributed by atoms with Crippen LogP contribution in [-0.2, 0) is 11.2 Å². The van der Waals surface area contributed by atoms with Crippen molar-refractivity contribution in [1.29, 1.82) is 0 Å². The van der Waals surface area contributed by atoms with Crippen LogP contribution >= 0.6 is 11.8 Å². The van der Waals surface area contributed by atoms with Crippen molar-refractivity contribution in [1.82, 2.24) is 5.32 Å². The molecule has 20 heavy (non-hydrogen) atoms. The van der Waals surface area contributed by atoms with Crippen LogP contribution in [0.3, 0.4) is 0 Å². The van der Waals surface area contributed by atoms with E-state index < -0.39 is 0 Å². The third kappa shape index (κ3) is 2.86. The Morgan fingerprint density at radius 1 is 1.45 bits per heavy atom. The number of anilines is 1. The maximum Gasteiger partial charge on any atom is 0.243 e. The molecular weight excluding hydrogens is 268 g/mol. The molecule has 0 bridgehead atoms. The average molecular weight is 290 g/mol.